The molecule has 0 aliphatic heterocycles. The lowest BCUT2D eigenvalue weighted by Gasteiger charge is -2.10. The van der Waals surface area contributed by atoms with Gasteiger partial charge in [0, 0.05) is 24.7 Å². The van der Waals surface area contributed by atoms with E-state index in [9.17, 15) is 0 Å². The normalized spacial score (nSPS) is 21.6. The fourth-order valence-corrected chi connectivity index (χ4v) is 2.23. The summed E-state index contributed by atoms with van der Waals surface area (Å²) in [5.74, 6) is 3.15. The van der Waals surface area contributed by atoms with Gasteiger partial charge >= 0.3 is 0 Å². The van der Waals surface area contributed by atoms with Crippen LogP contribution in [-0.4, -0.2) is 17.0 Å². The van der Waals surface area contributed by atoms with Crippen LogP contribution in [-0.2, 0) is 6.42 Å². The summed E-state index contributed by atoms with van der Waals surface area (Å²) in [4.78, 5) is 9.32. The largest absolute Gasteiger partial charge is 0.373 e. The quantitative estimate of drug-likeness (QED) is 0.867. The zero-order chi connectivity index (χ0) is 12.6. The summed E-state index contributed by atoms with van der Waals surface area (Å²) < 4.78 is 0. The fraction of sp³-hybridized carbons (Fsp3) is 0.714. The van der Waals surface area contributed by atoms with Gasteiger partial charge in [-0.1, -0.05) is 27.7 Å². The zero-order valence-corrected chi connectivity index (χ0v) is 11.5. The zero-order valence-electron chi connectivity index (χ0n) is 11.5. The molecule has 1 aliphatic carbocycles. The number of nitrogens with zero attached hydrogens (tertiary/aromatic N) is 2. The minimum Gasteiger partial charge on any atom is -0.373 e. The summed E-state index contributed by atoms with van der Waals surface area (Å²) in [5, 5.41) is 3.14. The summed E-state index contributed by atoms with van der Waals surface area (Å²) in [6.45, 7) is 9.02. The van der Waals surface area contributed by atoms with Gasteiger partial charge in [-0.25, -0.2) is 9.97 Å². The van der Waals surface area contributed by atoms with Crippen LogP contribution >= 0.6 is 0 Å². The second-order valence-corrected chi connectivity index (χ2v) is 6.20. The molecule has 0 saturated heterocycles. The molecule has 1 N–H and O–H groups in total. The first-order valence-corrected chi connectivity index (χ1v) is 6.48. The summed E-state index contributed by atoms with van der Waals surface area (Å²) >= 11 is 0. The van der Waals surface area contributed by atoms with E-state index >= 15 is 0 Å². The minimum atomic E-state index is 0.390. The van der Waals surface area contributed by atoms with Crippen LogP contribution in [0.3, 0.4) is 0 Å². The van der Waals surface area contributed by atoms with Crippen molar-refractivity contribution in [1.29, 1.82) is 0 Å². The Labute approximate surface area is 104 Å². The first-order valence-electron chi connectivity index (χ1n) is 6.48. The van der Waals surface area contributed by atoms with Gasteiger partial charge in [0.15, 0.2) is 0 Å². The first-order chi connectivity index (χ1) is 7.92. The SMILES string of the molecule is CNc1cc(CC(C)C)nc(C2CC2(C)C)n1. The number of nitrogens with one attached hydrogen (secondary N) is 1. The number of hydrogen-bond donors (Lipinski definition) is 1. The van der Waals surface area contributed by atoms with E-state index in [1.54, 1.807) is 0 Å². The van der Waals surface area contributed by atoms with E-state index < -0.39 is 0 Å². The van der Waals surface area contributed by atoms with E-state index in [-0.39, 0.29) is 0 Å². The molecule has 1 atom stereocenters. The van der Waals surface area contributed by atoms with Gasteiger partial charge in [0.05, 0.1) is 0 Å². The lowest BCUT2D eigenvalue weighted by atomic mass is 10.1. The van der Waals surface area contributed by atoms with Crippen LogP contribution in [0.2, 0.25) is 0 Å². The van der Waals surface area contributed by atoms with Gasteiger partial charge in [0.25, 0.3) is 0 Å². The fourth-order valence-electron chi connectivity index (χ4n) is 2.23. The molecule has 17 heavy (non-hydrogen) atoms. The molecular weight excluding hydrogens is 210 g/mol. The van der Waals surface area contributed by atoms with E-state index in [1.807, 2.05) is 7.05 Å². The van der Waals surface area contributed by atoms with Crippen molar-refractivity contribution in [2.75, 3.05) is 12.4 Å². The van der Waals surface area contributed by atoms with Crippen LogP contribution in [0.15, 0.2) is 6.07 Å². The highest BCUT2D eigenvalue weighted by Crippen LogP contribution is 2.57. The second-order valence-electron chi connectivity index (χ2n) is 6.20. The Hall–Kier alpha value is -1.12. The second kappa shape index (κ2) is 4.28. The lowest BCUT2D eigenvalue weighted by molar-refractivity contribution is 0.598. The highest BCUT2D eigenvalue weighted by Gasteiger charge is 2.48. The highest BCUT2D eigenvalue weighted by atomic mass is 15.0. The van der Waals surface area contributed by atoms with E-state index in [4.69, 9.17) is 4.98 Å². The van der Waals surface area contributed by atoms with Gasteiger partial charge < -0.3 is 5.32 Å². The maximum Gasteiger partial charge on any atom is 0.134 e. The average Bonchev–Trinajstić information content (AvgIpc) is 2.86. The van der Waals surface area contributed by atoms with Crippen LogP contribution in [0.25, 0.3) is 0 Å². The number of hydrogen-bond acceptors (Lipinski definition) is 3. The molecule has 3 nitrogen and oxygen atoms in total. The molecule has 1 unspecified atom stereocenters. The monoisotopic (exact) mass is 233 g/mol. The third-order valence-electron chi connectivity index (χ3n) is 3.50. The molecule has 1 aliphatic rings. The van der Waals surface area contributed by atoms with Crippen molar-refractivity contribution in [1.82, 2.24) is 9.97 Å². The molecule has 2 rings (SSSR count). The van der Waals surface area contributed by atoms with Crippen molar-refractivity contribution in [2.45, 2.75) is 46.5 Å². The average molecular weight is 233 g/mol. The molecule has 3 heteroatoms. The molecule has 1 heterocycles. The highest BCUT2D eigenvalue weighted by molar-refractivity contribution is 5.37. The maximum atomic E-state index is 4.73. The molecule has 0 amide bonds. The Morgan fingerprint density at radius 2 is 2.06 bits per heavy atom. The van der Waals surface area contributed by atoms with Crippen LogP contribution in [0.5, 0.6) is 0 Å². The Balaban J connectivity index is 2.26. The van der Waals surface area contributed by atoms with Crippen molar-refractivity contribution >= 4 is 5.82 Å². The van der Waals surface area contributed by atoms with Gasteiger partial charge in [-0.05, 0) is 24.2 Å². The predicted molar refractivity (Wildman–Crippen MR) is 71.3 cm³/mol. The van der Waals surface area contributed by atoms with Gasteiger partial charge in [0.1, 0.15) is 11.6 Å². The summed E-state index contributed by atoms with van der Waals surface area (Å²) in [6, 6.07) is 2.07. The van der Waals surface area contributed by atoms with E-state index in [2.05, 4.69) is 44.1 Å². The van der Waals surface area contributed by atoms with Crippen LogP contribution in [0.4, 0.5) is 5.82 Å². The molecular formula is C14H23N3. The van der Waals surface area contributed by atoms with E-state index in [1.165, 1.54) is 6.42 Å². The van der Waals surface area contributed by atoms with Crippen molar-refractivity contribution in [2.24, 2.45) is 11.3 Å². The van der Waals surface area contributed by atoms with Crippen molar-refractivity contribution in [3.63, 3.8) is 0 Å². The van der Waals surface area contributed by atoms with Gasteiger partial charge in [-0.3, -0.25) is 0 Å². The van der Waals surface area contributed by atoms with Crippen LogP contribution in [0, 0.1) is 11.3 Å². The summed E-state index contributed by atoms with van der Waals surface area (Å²) in [7, 11) is 1.92. The lowest BCUT2D eigenvalue weighted by Crippen LogP contribution is -2.06. The molecule has 1 fully saturated rings. The van der Waals surface area contributed by atoms with Crippen LogP contribution < -0.4 is 5.32 Å². The molecule has 0 aromatic carbocycles. The van der Waals surface area contributed by atoms with Crippen molar-refractivity contribution in [3.05, 3.63) is 17.6 Å². The third-order valence-corrected chi connectivity index (χ3v) is 3.50. The maximum absolute atomic E-state index is 4.73. The Kier molecular flexibility index (Phi) is 3.11. The molecule has 1 aromatic rings. The number of anilines is 1. The van der Waals surface area contributed by atoms with Gasteiger partial charge in [-0.15, -0.1) is 0 Å². The van der Waals surface area contributed by atoms with Gasteiger partial charge in [-0.2, -0.15) is 0 Å². The molecule has 0 spiro atoms. The van der Waals surface area contributed by atoms with Gasteiger partial charge in [0.2, 0.25) is 0 Å². The molecule has 1 aromatic heterocycles. The molecule has 1 saturated carbocycles. The third kappa shape index (κ3) is 2.76. The van der Waals surface area contributed by atoms with Crippen molar-refractivity contribution < 1.29 is 0 Å². The molecule has 0 radical (unpaired) electrons. The van der Waals surface area contributed by atoms with E-state index in [0.717, 1.165) is 23.8 Å². The summed E-state index contributed by atoms with van der Waals surface area (Å²) in [5.41, 5.74) is 1.55. The molecule has 94 valence electrons. The van der Waals surface area contributed by atoms with Crippen LogP contribution in [0.1, 0.15) is 51.6 Å². The first kappa shape index (κ1) is 12.3. The number of aromatic nitrogens is 2. The van der Waals surface area contributed by atoms with Crippen molar-refractivity contribution in [3.8, 4) is 0 Å². The Morgan fingerprint density at radius 1 is 1.41 bits per heavy atom. The smallest absolute Gasteiger partial charge is 0.134 e. The Morgan fingerprint density at radius 3 is 2.53 bits per heavy atom. The number of rotatable bonds is 4. The topological polar surface area (TPSA) is 37.8 Å². The summed E-state index contributed by atoms with van der Waals surface area (Å²) in [6.07, 6.45) is 2.23. The predicted octanol–water partition coefficient (Wildman–Crippen LogP) is 3.23. The standard InChI is InChI=1S/C14H23N3/c1-9(2)6-10-7-12(15-5)17-13(16-10)11-8-14(11,3)4/h7,9,11H,6,8H2,1-5H3,(H,15,16,17). The Bertz CT molecular complexity index is 410. The minimum absolute atomic E-state index is 0.390. The van der Waals surface area contributed by atoms with E-state index in [0.29, 0.717) is 17.3 Å². The molecule has 0 bridgehead atoms.